The standard InChI is InChI=1S/C12H10N2O3/c1-14-7-9(10(13-14)12(16)17)11(15)8-5-3-2-4-6-8/h2-7H,1H3,(H,16,17). The predicted octanol–water partition coefficient (Wildman–Crippen LogP) is 1.35. The first-order valence-corrected chi connectivity index (χ1v) is 4.96. The van der Waals surface area contributed by atoms with Crippen LogP contribution in [0.4, 0.5) is 0 Å². The molecule has 1 aromatic heterocycles. The monoisotopic (exact) mass is 230 g/mol. The quantitative estimate of drug-likeness (QED) is 0.808. The highest BCUT2D eigenvalue weighted by molar-refractivity contribution is 6.13. The Labute approximate surface area is 97.3 Å². The molecule has 2 rings (SSSR count). The average molecular weight is 230 g/mol. The van der Waals surface area contributed by atoms with E-state index < -0.39 is 5.97 Å². The molecule has 0 spiro atoms. The van der Waals surface area contributed by atoms with Crippen LogP contribution >= 0.6 is 0 Å². The minimum absolute atomic E-state index is 0.103. The average Bonchev–Trinajstić information content (AvgIpc) is 2.72. The van der Waals surface area contributed by atoms with Crippen LogP contribution in [-0.4, -0.2) is 26.6 Å². The number of aromatic nitrogens is 2. The van der Waals surface area contributed by atoms with Gasteiger partial charge in [0.05, 0.1) is 5.56 Å². The molecule has 0 atom stereocenters. The molecule has 0 unspecified atom stereocenters. The van der Waals surface area contributed by atoms with Crippen LogP contribution in [0, 0.1) is 0 Å². The Morgan fingerprint density at radius 3 is 2.47 bits per heavy atom. The first kappa shape index (κ1) is 11.1. The third-order valence-corrected chi connectivity index (χ3v) is 2.31. The zero-order valence-corrected chi connectivity index (χ0v) is 9.12. The third-order valence-electron chi connectivity index (χ3n) is 2.31. The maximum atomic E-state index is 12.1. The van der Waals surface area contributed by atoms with Crippen molar-refractivity contribution in [3.05, 3.63) is 53.3 Å². The summed E-state index contributed by atoms with van der Waals surface area (Å²) in [6, 6.07) is 8.52. The lowest BCUT2D eigenvalue weighted by molar-refractivity contribution is 0.0685. The fourth-order valence-corrected chi connectivity index (χ4v) is 1.56. The van der Waals surface area contributed by atoms with E-state index in [0.29, 0.717) is 5.56 Å². The summed E-state index contributed by atoms with van der Waals surface area (Å²) < 4.78 is 1.32. The Bertz CT molecular complexity index is 573. The van der Waals surface area contributed by atoms with Crippen LogP contribution in [0.5, 0.6) is 0 Å². The van der Waals surface area contributed by atoms with Crippen molar-refractivity contribution in [2.45, 2.75) is 0 Å². The SMILES string of the molecule is Cn1cc(C(=O)c2ccccc2)c(C(=O)O)n1. The van der Waals surface area contributed by atoms with Crippen LogP contribution in [0.1, 0.15) is 26.4 Å². The molecule has 0 saturated heterocycles. The molecule has 5 heteroatoms. The van der Waals surface area contributed by atoms with Crippen LogP contribution in [0.3, 0.4) is 0 Å². The summed E-state index contributed by atoms with van der Waals surface area (Å²) in [4.78, 5) is 23.0. The normalized spacial score (nSPS) is 10.2. The summed E-state index contributed by atoms with van der Waals surface area (Å²) in [5.74, 6) is -1.54. The molecule has 0 amide bonds. The Hall–Kier alpha value is -2.43. The second-order valence-corrected chi connectivity index (χ2v) is 3.57. The predicted molar refractivity (Wildman–Crippen MR) is 60.0 cm³/mol. The van der Waals surface area contributed by atoms with Crippen molar-refractivity contribution in [1.82, 2.24) is 9.78 Å². The molecule has 2 aromatic rings. The number of carboxylic acids is 1. The number of aryl methyl sites for hydroxylation is 1. The van der Waals surface area contributed by atoms with Crippen molar-refractivity contribution in [1.29, 1.82) is 0 Å². The molecule has 1 aromatic carbocycles. The lowest BCUT2D eigenvalue weighted by Crippen LogP contribution is -2.08. The van der Waals surface area contributed by atoms with Gasteiger partial charge >= 0.3 is 5.97 Å². The van der Waals surface area contributed by atoms with Crippen LogP contribution < -0.4 is 0 Å². The number of nitrogens with zero attached hydrogens (tertiary/aromatic N) is 2. The van der Waals surface area contributed by atoms with Gasteiger partial charge in [-0.3, -0.25) is 9.48 Å². The van der Waals surface area contributed by atoms with Crippen LogP contribution in [0.25, 0.3) is 0 Å². The summed E-state index contributed by atoms with van der Waals surface area (Å²) in [7, 11) is 1.58. The van der Waals surface area contributed by atoms with E-state index in [2.05, 4.69) is 5.10 Å². The van der Waals surface area contributed by atoms with E-state index in [-0.39, 0.29) is 17.0 Å². The highest BCUT2D eigenvalue weighted by Gasteiger charge is 2.21. The minimum Gasteiger partial charge on any atom is -0.476 e. The number of carbonyl (C=O) groups excluding carboxylic acids is 1. The van der Waals surface area contributed by atoms with Gasteiger partial charge in [-0.1, -0.05) is 30.3 Å². The van der Waals surface area contributed by atoms with Gasteiger partial charge in [-0.2, -0.15) is 5.10 Å². The molecule has 0 saturated carbocycles. The number of aromatic carboxylic acids is 1. The van der Waals surface area contributed by atoms with E-state index in [0.717, 1.165) is 0 Å². The van der Waals surface area contributed by atoms with Crippen molar-refractivity contribution in [2.24, 2.45) is 7.05 Å². The van der Waals surface area contributed by atoms with Crippen molar-refractivity contribution in [3.8, 4) is 0 Å². The van der Waals surface area contributed by atoms with Crippen molar-refractivity contribution < 1.29 is 14.7 Å². The molecule has 17 heavy (non-hydrogen) atoms. The molecule has 86 valence electrons. The van der Waals surface area contributed by atoms with Crippen LogP contribution in [0.2, 0.25) is 0 Å². The van der Waals surface area contributed by atoms with Gasteiger partial charge < -0.3 is 5.11 Å². The maximum Gasteiger partial charge on any atom is 0.357 e. The smallest absolute Gasteiger partial charge is 0.357 e. The van der Waals surface area contributed by atoms with E-state index in [9.17, 15) is 9.59 Å². The number of hydrogen-bond acceptors (Lipinski definition) is 3. The second kappa shape index (κ2) is 4.21. The fourth-order valence-electron chi connectivity index (χ4n) is 1.56. The molecular formula is C12H10N2O3. The Kier molecular flexibility index (Phi) is 2.74. The Morgan fingerprint density at radius 1 is 1.24 bits per heavy atom. The Balaban J connectivity index is 2.48. The fraction of sp³-hybridized carbons (Fsp3) is 0.0833. The lowest BCUT2D eigenvalue weighted by Gasteiger charge is -1.98. The van der Waals surface area contributed by atoms with Crippen molar-refractivity contribution in [2.75, 3.05) is 0 Å². The highest BCUT2D eigenvalue weighted by atomic mass is 16.4. The van der Waals surface area contributed by atoms with Crippen molar-refractivity contribution >= 4 is 11.8 Å². The summed E-state index contributed by atoms with van der Waals surface area (Å²) in [6.45, 7) is 0. The van der Waals surface area contributed by atoms with E-state index in [1.54, 1.807) is 37.4 Å². The van der Waals surface area contributed by atoms with Crippen LogP contribution in [-0.2, 0) is 7.05 Å². The number of hydrogen-bond donors (Lipinski definition) is 1. The van der Waals surface area contributed by atoms with E-state index in [1.807, 2.05) is 0 Å². The molecule has 1 N–H and O–H groups in total. The van der Waals surface area contributed by atoms with Gasteiger partial charge in [-0.25, -0.2) is 4.79 Å². The summed E-state index contributed by atoms with van der Waals surface area (Å²) in [5.41, 5.74) is 0.329. The van der Waals surface area contributed by atoms with E-state index >= 15 is 0 Å². The third kappa shape index (κ3) is 2.08. The molecule has 5 nitrogen and oxygen atoms in total. The zero-order chi connectivity index (χ0) is 12.4. The van der Waals surface area contributed by atoms with Gasteiger partial charge in [-0.15, -0.1) is 0 Å². The number of benzene rings is 1. The molecule has 0 fully saturated rings. The number of rotatable bonds is 3. The van der Waals surface area contributed by atoms with Crippen LogP contribution in [0.15, 0.2) is 36.5 Å². The lowest BCUT2D eigenvalue weighted by atomic mass is 10.0. The summed E-state index contributed by atoms with van der Waals surface area (Å²) in [6.07, 6.45) is 1.42. The highest BCUT2D eigenvalue weighted by Crippen LogP contribution is 2.13. The number of carbonyl (C=O) groups is 2. The van der Waals surface area contributed by atoms with Gasteiger partial charge in [0.2, 0.25) is 0 Å². The topological polar surface area (TPSA) is 72.2 Å². The summed E-state index contributed by atoms with van der Waals surface area (Å²) >= 11 is 0. The summed E-state index contributed by atoms with van der Waals surface area (Å²) in [5, 5.41) is 12.7. The van der Waals surface area contributed by atoms with Gasteiger partial charge in [0.25, 0.3) is 0 Å². The van der Waals surface area contributed by atoms with Gasteiger partial charge in [-0.05, 0) is 0 Å². The second-order valence-electron chi connectivity index (χ2n) is 3.57. The molecule has 0 radical (unpaired) electrons. The first-order valence-electron chi connectivity index (χ1n) is 4.96. The largest absolute Gasteiger partial charge is 0.476 e. The van der Waals surface area contributed by atoms with Gasteiger partial charge in [0, 0.05) is 18.8 Å². The molecule has 1 heterocycles. The minimum atomic E-state index is -1.20. The van der Waals surface area contributed by atoms with E-state index in [4.69, 9.17) is 5.11 Å². The van der Waals surface area contributed by atoms with Gasteiger partial charge in [0.1, 0.15) is 0 Å². The molecule has 0 aliphatic heterocycles. The molecule has 0 bridgehead atoms. The Morgan fingerprint density at radius 2 is 1.88 bits per heavy atom. The number of carboxylic acid groups (broad SMARTS) is 1. The molecule has 0 aliphatic rings. The maximum absolute atomic E-state index is 12.1. The zero-order valence-electron chi connectivity index (χ0n) is 9.12. The molecule has 0 aliphatic carbocycles. The van der Waals surface area contributed by atoms with E-state index in [1.165, 1.54) is 10.9 Å². The first-order chi connectivity index (χ1) is 8.09. The van der Waals surface area contributed by atoms with Gasteiger partial charge in [0.15, 0.2) is 11.5 Å². The molecular weight excluding hydrogens is 220 g/mol. The van der Waals surface area contributed by atoms with Crippen molar-refractivity contribution in [3.63, 3.8) is 0 Å². The number of ketones is 1.